The molecule has 6 nitrogen and oxygen atoms in total. The predicted molar refractivity (Wildman–Crippen MR) is 102 cm³/mol. The molecule has 0 atom stereocenters. The molecule has 1 N–H and O–H groups in total. The van der Waals surface area contributed by atoms with Crippen LogP contribution in [0.15, 0.2) is 71.9 Å². The van der Waals surface area contributed by atoms with E-state index in [-0.39, 0.29) is 35.3 Å². The summed E-state index contributed by atoms with van der Waals surface area (Å²) in [5.74, 6) is -0.995. The van der Waals surface area contributed by atoms with E-state index >= 15 is 0 Å². The van der Waals surface area contributed by atoms with Gasteiger partial charge in [-0.1, -0.05) is 18.2 Å². The van der Waals surface area contributed by atoms with Crippen molar-refractivity contribution in [2.24, 2.45) is 0 Å². The van der Waals surface area contributed by atoms with Crippen molar-refractivity contribution in [3.8, 4) is 11.3 Å². The fourth-order valence-electron chi connectivity index (χ4n) is 2.52. The van der Waals surface area contributed by atoms with E-state index in [1.54, 1.807) is 36.4 Å². The molecule has 3 aromatic rings. The van der Waals surface area contributed by atoms with Gasteiger partial charge in [0.25, 0.3) is 0 Å². The van der Waals surface area contributed by atoms with Gasteiger partial charge in [-0.3, -0.25) is 4.79 Å². The van der Waals surface area contributed by atoms with Crippen LogP contribution in [0.2, 0.25) is 0 Å². The fraction of sp³-hybridized carbons (Fsp3) is 0.150. The summed E-state index contributed by atoms with van der Waals surface area (Å²) in [7, 11) is -3.50. The lowest BCUT2D eigenvalue weighted by Gasteiger charge is -2.07. The Kier molecular flexibility index (Phi) is 6.10. The zero-order valence-electron chi connectivity index (χ0n) is 14.9. The number of halogens is 1. The molecule has 0 saturated carbocycles. The highest BCUT2D eigenvalue weighted by Crippen LogP contribution is 2.17. The van der Waals surface area contributed by atoms with E-state index in [2.05, 4.69) is 15.3 Å². The second-order valence-electron chi connectivity index (χ2n) is 6.06. The maximum atomic E-state index is 13.0. The summed E-state index contributed by atoms with van der Waals surface area (Å²) in [5, 5.41) is 2.66. The lowest BCUT2D eigenvalue weighted by molar-refractivity contribution is -0.120. The molecule has 1 heterocycles. The van der Waals surface area contributed by atoms with Crippen LogP contribution in [0.4, 0.5) is 4.39 Å². The van der Waals surface area contributed by atoms with Crippen LogP contribution in [-0.4, -0.2) is 30.0 Å². The van der Waals surface area contributed by atoms with Gasteiger partial charge in [0.2, 0.25) is 5.91 Å². The minimum atomic E-state index is -3.50. The van der Waals surface area contributed by atoms with Crippen LogP contribution in [0.5, 0.6) is 0 Å². The summed E-state index contributed by atoms with van der Waals surface area (Å²) in [5.41, 5.74) is 1.89. The Hall–Kier alpha value is -3.13. The summed E-state index contributed by atoms with van der Waals surface area (Å²) in [6, 6.07) is 15.6. The number of nitrogens with zero attached hydrogens (tertiary/aromatic N) is 2. The van der Waals surface area contributed by atoms with E-state index in [9.17, 15) is 17.6 Å². The van der Waals surface area contributed by atoms with Crippen LogP contribution in [0, 0.1) is 5.82 Å². The van der Waals surface area contributed by atoms with Crippen molar-refractivity contribution < 1.29 is 17.6 Å². The van der Waals surface area contributed by atoms with Gasteiger partial charge in [0.15, 0.2) is 9.84 Å². The van der Waals surface area contributed by atoms with Crippen LogP contribution in [0.25, 0.3) is 11.3 Å². The van der Waals surface area contributed by atoms with Crippen molar-refractivity contribution >= 4 is 15.7 Å². The van der Waals surface area contributed by atoms with Gasteiger partial charge in [-0.15, -0.1) is 0 Å². The third kappa shape index (κ3) is 5.20. The Balaban J connectivity index is 1.56. The highest BCUT2D eigenvalue weighted by molar-refractivity contribution is 7.91. The molecule has 0 bridgehead atoms. The molecule has 2 aromatic carbocycles. The Labute approximate surface area is 162 Å². The zero-order valence-corrected chi connectivity index (χ0v) is 15.7. The Morgan fingerprint density at radius 1 is 1.00 bits per heavy atom. The van der Waals surface area contributed by atoms with E-state index in [0.29, 0.717) is 11.4 Å². The molecule has 0 aliphatic rings. The monoisotopic (exact) mass is 399 g/mol. The molecule has 0 unspecified atom stereocenters. The van der Waals surface area contributed by atoms with Crippen LogP contribution in [0.3, 0.4) is 0 Å². The molecule has 0 aliphatic heterocycles. The van der Waals surface area contributed by atoms with Gasteiger partial charge < -0.3 is 5.32 Å². The van der Waals surface area contributed by atoms with E-state index < -0.39 is 9.84 Å². The average molecular weight is 399 g/mol. The molecule has 1 aromatic heterocycles. The number of nitrogens with one attached hydrogen (secondary N) is 1. The topological polar surface area (TPSA) is 89.0 Å². The van der Waals surface area contributed by atoms with Gasteiger partial charge in [0.1, 0.15) is 12.1 Å². The number of sulfone groups is 1. The normalized spacial score (nSPS) is 11.2. The minimum absolute atomic E-state index is 0.140. The Bertz CT molecular complexity index is 1060. The number of carbonyl (C=O) groups is 1. The molecule has 0 aliphatic carbocycles. The molecule has 0 spiro atoms. The third-order valence-corrected chi connectivity index (χ3v) is 5.76. The van der Waals surface area contributed by atoms with Gasteiger partial charge in [-0.05, 0) is 42.5 Å². The number of hydrogen-bond donors (Lipinski definition) is 1. The van der Waals surface area contributed by atoms with E-state index in [1.807, 2.05) is 0 Å². The van der Waals surface area contributed by atoms with Crippen LogP contribution >= 0.6 is 0 Å². The SMILES string of the molecule is O=C(CCS(=O)(=O)c1ccccc1)NCc1cc(-c2ccc(F)cc2)ncn1. The maximum Gasteiger partial charge on any atom is 0.221 e. The van der Waals surface area contributed by atoms with E-state index in [0.717, 1.165) is 5.56 Å². The van der Waals surface area contributed by atoms with Crippen molar-refractivity contribution in [1.82, 2.24) is 15.3 Å². The van der Waals surface area contributed by atoms with Gasteiger partial charge in [-0.25, -0.2) is 22.8 Å². The molecule has 144 valence electrons. The summed E-state index contributed by atoms with van der Waals surface area (Å²) >= 11 is 0. The average Bonchev–Trinajstić information content (AvgIpc) is 2.72. The second kappa shape index (κ2) is 8.71. The molecule has 1 amide bonds. The number of rotatable bonds is 7. The highest BCUT2D eigenvalue weighted by Gasteiger charge is 2.16. The molecule has 0 radical (unpaired) electrons. The molecule has 8 heteroatoms. The predicted octanol–water partition coefficient (Wildman–Crippen LogP) is 2.76. The number of aromatic nitrogens is 2. The quantitative estimate of drug-likeness (QED) is 0.660. The first kappa shape index (κ1) is 19.6. The van der Waals surface area contributed by atoms with Crippen molar-refractivity contribution in [3.05, 3.63) is 78.5 Å². The van der Waals surface area contributed by atoms with E-state index in [1.165, 1.54) is 30.6 Å². The lowest BCUT2D eigenvalue weighted by Crippen LogP contribution is -2.25. The van der Waals surface area contributed by atoms with Gasteiger partial charge >= 0.3 is 0 Å². The summed E-state index contributed by atoms with van der Waals surface area (Å²) in [4.78, 5) is 20.5. The first-order valence-electron chi connectivity index (χ1n) is 8.55. The lowest BCUT2D eigenvalue weighted by atomic mass is 10.1. The Morgan fingerprint density at radius 3 is 2.43 bits per heavy atom. The van der Waals surface area contributed by atoms with Crippen LogP contribution in [0.1, 0.15) is 12.1 Å². The standard InChI is InChI=1S/C20H18FN3O3S/c21-16-8-6-15(7-9-16)19-12-17(23-14-24-19)13-22-20(25)10-11-28(26,27)18-4-2-1-3-5-18/h1-9,12,14H,10-11,13H2,(H,22,25). The van der Waals surface area contributed by atoms with Crippen LogP contribution in [-0.2, 0) is 21.2 Å². The van der Waals surface area contributed by atoms with Crippen molar-refractivity contribution in [2.75, 3.05) is 5.75 Å². The third-order valence-electron chi connectivity index (χ3n) is 4.03. The van der Waals surface area contributed by atoms with Crippen LogP contribution < -0.4 is 5.32 Å². The summed E-state index contributed by atoms with van der Waals surface area (Å²) in [6.07, 6.45) is 1.22. The molecular weight excluding hydrogens is 381 g/mol. The summed E-state index contributed by atoms with van der Waals surface area (Å²) < 4.78 is 37.5. The van der Waals surface area contributed by atoms with Gasteiger partial charge in [-0.2, -0.15) is 0 Å². The first-order chi connectivity index (χ1) is 13.4. The number of amides is 1. The number of benzene rings is 2. The number of hydrogen-bond acceptors (Lipinski definition) is 5. The van der Waals surface area contributed by atoms with Crippen molar-refractivity contribution in [2.45, 2.75) is 17.9 Å². The second-order valence-corrected chi connectivity index (χ2v) is 8.17. The fourth-order valence-corrected chi connectivity index (χ4v) is 3.78. The smallest absolute Gasteiger partial charge is 0.221 e. The van der Waals surface area contributed by atoms with Crippen molar-refractivity contribution in [3.63, 3.8) is 0 Å². The highest BCUT2D eigenvalue weighted by atomic mass is 32.2. The Morgan fingerprint density at radius 2 is 1.71 bits per heavy atom. The van der Waals surface area contributed by atoms with Gasteiger partial charge in [0, 0.05) is 12.0 Å². The molecule has 3 rings (SSSR count). The zero-order chi connectivity index (χ0) is 20.0. The first-order valence-corrected chi connectivity index (χ1v) is 10.2. The minimum Gasteiger partial charge on any atom is -0.350 e. The molecule has 28 heavy (non-hydrogen) atoms. The van der Waals surface area contributed by atoms with Gasteiger partial charge in [0.05, 0.1) is 28.6 Å². The molecular formula is C20H18FN3O3S. The molecule has 0 fully saturated rings. The maximum absolute atomic E-state index is 13.0. The molecule has 0 saturated heterocycles. The largest absolute Gasteiger partial charge is 0.350 e. The number of carbonyl (C=O) groups excluding carboxylic acids is 1. The van der Waals surface area contributed by atoms with Crippen molar-refractivity contribution in [1.29, 1.82) is 0 Å². The van der Waals surface area contributed by atoms with E-state index in [4.69, 9.17) is 0 Å². The summed E-state index contributed by atoms with van der Waals surface area (Å²) in [6.45, 7) is 0.140.